The van der Waals surface area contributed by atoms with Crippen molar-refractivity contribution in [2.45, 2.75) is 13.5 Å². The van der Waals surface area contributed by atoms with Crippen LogP contribution in [0.3, 0.4) is 0 Å². The van der Waals surface area contributed by atoms with Crippen molar-refractivity contribution in [1.29, 1.82) is 0 Å². The normalized spacial score (nSPS) is 14.6. The summed E-state index contributed by atoms with van der Waals surface area (Å²) in [5.41, 5.74) is 2.59. The van der Waals surface area contributed by atoms with Gasteiger partial charge in [0, 0.05) is 39.1 Å². The third-order valence-corrected chi connectivity index (χ3v) is 4.49. The van der Waals surface area contributed by atoms with E-state index >= 15 is 0 Å². The molecule has 0 fully saturated rings. The average molecular weight is 250 g/mol. The predicted octanol–water partition coefficient (Wildman–Crippen LogP) is 4.28. The molecule has 0 radical (unpaired) electrons. The summed E-state index contributed by atoms with van der Waals surface area (Å²) >= 11 is 8.13. The van der Waals surface area contributed by atoms with Crippen molar-refractivity contribution in [2.75, 3.05) is 7.05 Å². The minimum Gasteiger partial charge on any atom is -0.376 e. The average Bonchev–Trinajstić information content (AvgIpc) is 2.46. The van der Waals surface area contributed by atoms with Gasteiger partial charge < -0.3 is 4.90 Å². The molecule has 1 aromatic heterocycles. The van der Waals surface area contributed by atoms with Crippen LogP contribution in [0.2, 0.25) is 5.02 Å². The molecule has 0 amide bonds. The Balaban J connectivity index is 2.46. The zero-order valence-corrected chi connectivity index (χ0v) is 10.8. The maximum Gasteiger partial charge on any atom is 0.0486 e. The molecule has 16 heavy (non-hydrogen) atoms. The van der Waals surface area contributed by atoms with E-state index in [9.17, 15) is 0 Å². The molecule has 0 N–H and O–H groups in total. The van der Waals surface area contributed by atoms with E-state index < -0.39 is 0 Å². The van der Waals surface area contributed by atoms with Crippen LogP contribution < -0.4 is 0 Å². The maximum atomic E-state index is 6.27. The Kier molecular flexibility index (Phi) is 2.23. The quantitative estimate of drug-likeness (QED) is 0.674. The molecule has 0 unspecified atom stereocenters. The maximum absolute atomic E-state index is 6.27. The fraction of sp³-hybridized carbons (Fsp3) is 0.231. The van der Waals surface area contributed by atoms with Crippen molar-refractivity contribution in [2.24, 2.45) is 0 Å². The van der Waals surface area contributed by atoms with E-state index in [4.69, 9.17) is 11.6 Å². The van der Waals surface area contributed by atoms with Crippen molar-refractivity contribution in [3.63, 3.8) is 0 Å². The number of rotatable bonds is 0. The molecular formula is C13H12ClNS. The first-order valence-electron chi connectivity index (χ1n) is 5.26. The highest BCUT2D eigenvalue weighted by molar-refractivity contribution is 7.19. The summed E-state index contributed by atoms with van der Waals surface area (Å²) in [7, 11) is 2.10. The molecule has 0 atom stereocenters. The number of benzene rings is 1. The second kappa shape index (κ2) is 3.51. The van der Waals surface area contributed by atoms with Gasteiger partial charge in [0.15, 0.2) is 0 Å². The Bertz CT molecular complexity index is 597. The number of thiophene rings is 1. The zero-order chi connectivity index (χ0) is 11.3. The van der Waals surface area contributed by atoms with Crippen molar-refractivity contribution in [3.8, 4) is 0 Å². The van der Waals surface area contributed by atoms with E-state index in [0.29, 0.717) is 0 Å². The van der Waals surface area contributed by atoms with Crippen LogP contribution in [-0.4, -0.2) is 11.9 Å². The predicted molar refractivity (Wildman–Crippen MR) is 72.1 cm³/mol. The summed E-state index contributed by atoms with van der Waals surface area (Å²) in [6.07, 6.45) is 4.22. The van der Waals surface area contributed by atoms with Gasteiger partial charge in [0.1, 0.15) is 0 Å². The molecule has 1 aliphatic rings. The fourth-order valence-electron chi connectivity index (χ4n) is 2.23. The largest absolute Gasteiger partial charge is 0.376 e. The molecule has 2 heterocycles. The van der Waals surface area contributed by atoms with Gasteiger partial charge in [-0.3, -0.25) is 0 Å². The number of nitrogens with zero attached hydrogens (tertiary/aromatic N) is 1. The highest BCUT2D eigenvalue weighted by Crippen LogP contribution is 2.39. The van der Waals surface area contributed by atoms with E-state index in [0.717, 1.165) is 11.6 Å². The molecule has 0 aliphatic carbocycles. The molecule has 1 nitrogen and oxygen atoms in total. The lowest BCUT2D eigenvalue weighted by Gasteiger charge is -2.11. The second-order valence-corrected chi connectivity index (χ2v) is 5.87. The summed E-state index contributed by atoms with van der Waals surface area (Å²) in [4.78, 5) is 3.60. The van der Waals surface area contributed by atoms with Crippen LogP contribution in [0.4, 0.5) is 0 Å². The molecule has 82 valence electrons. The zero-order valence-electron chi connectivity index (χ0n) is 9.25. The summed E-state index contributed by atoms with van der Waals surface area (Å²) in [6.45, 7) is 3.16. The van der Waals surface area contributed by atoms with E-state index in [1.807, 2.05) is 17.4 Å². The van der Waals surface area contributed by atoms with Gasteiger partial charge in [0.25, 0.3) is 0 Å². The van der Waals surface area contributed by atoms with Crippen LogP contribution in [0.15, 0.2) is 18.3 Å². The topological polar surface area (TPSA) is 3.24 Å². The van der Waals surface area contributed by atoms with Crippen molar-refractivity contribution < 1.29 is 0 Å². The van der Waals surface area contributed by atoms with Gasteiger partial charge in [-0.25, -0.2) is 0 Å². The SMILES string of the molecule is Cc1sc2ccc(Cl)c3c2c1CN(C)C=C3. The Labute approximate surface area is 104 Å². The van der Waals surface area contributed by atoms with Crippen LogP contribution in [-0.2, 0) is 6.54 Å². The minimum atomic E-state index is 0.845. The molecule has 1 aliphatic heterocycles. The summed E-state index contributed by atoms with van der Waals surface area (Å²) < 4.78 is 1.34. The van der Waals surface area contributed by atoms with Crippen LogP contribution >= 0.6 is 22.9 Å². The third-order valence-electron chi connectivity index (χ3n) is 3.05. The van der Waals surface area contributed by atoms with Crippen LogP contribution in [0.1, 0.15) is 16.0 Å². The molecule has 0 bridgehead atoms. The summed E-state index contributed by atoms with van der Waals surface area (Å²) in [5, 5.41) is 2.19. The molecular weight excluding hydrogens is 238 g/mol. The monoisotopic (exact) mass is 249 g/mol. The Morgan fingerprint density at radius 2 is 2.19 bits per heavy atom. The van der Waals surface area contributed by atoms with Gasteiger partial charge in [-0.2, -0.15) is 0 Å². The fourth-order valence-corrected chi connectivity index (χ4v) is 3.54. The number of aryl methyl sites for hydroxylation is 1. The number of hydrogen-bond donors (Lipinski definition) is 0. The lowest BCUT2D eigenvalue weighted by molar-refractivity contribution is 0.456. The van der Waals surface area contributed by atoms with Crippen LogP contribution in [0, 0.1) is 6.92 Å². The second-order valence-electron chi connectivity index (χ2n) is 4.20. The summed E-state index contributed by atoms with van der Waals surface area (Å²) in [6, 6.07) is 4.12. The molecule has 3 heteroatoms. The minimum absolute atomic E-state index is 0.845. The smallest absolute Gasteiger partial charge is 0.0486 e. The van der Waals surface area contributed by atoms with E-state index in [1.54, 1.807) is 0 Å². The van der Waals surface area contributed by atoms with Crippen molar-refractivity contribution in [1.82, 2.24) is 4.90 Å². The van der Waals surface area contributed by atoms with E-state index in [-0.39, 0.29) is 0 Å². The van der Waals surface area contributed by atoms with Gasteiger partial charge in [-0.05, 0) is 36.9 Å². The van der Waals surface area contributed by atoms with E-state index in [1.165, 1.54) is 26.1 Å². The lowest BCUT2D eigenvalue weighted by atomic mass is 10.1. The van der Waals surface area contributed by atoms with Crippen molar-refractivity contribution in [3.05, 3.63) is 39.4 Å². The Hall–Kier alpha value is -0.990. The third kappa shape index (κ3) is 1.37. The highest BCUT2D eigenvalue weighted by atomic mass is 35.5. The van der Waals surface area contributed by atoms with Gasteiger partial charge in [-0.15, -0.1) is 11.3 Å². The molecule has 0 saturated carbocycles. The first-order chi connectivity index (χ1) is 7.66. The Morgan fingerprint density at radius 1 is 1.38 bits per heavy atom. The van der Waals surface area contributed by atoms with E-state index in [2.05, 4.69) is 37.2 Å². The van der Waals surface area contributed by atoms with Gasteiger partial charge in [0.05, 0.1) is 0 Å². The van der Waals surface area contributed by atoms with Crippen LogP contribution in [0.5, 0.6) is 0 Å². The Morgan fingerprint density at radius 3 is 3.00 bits per heavy atom. The molecule has 0 saturated heterocycles. The van der Waals surface area contributed by atoms with Crippen molar-refractivity contribution >= 4 is 39.1 Å². The standard InChI is InChI=1S/C13H12ClNS/c1-8-10-7-15(2)6-5-9-11(14)3-4-12(16-8)13(9)10/h3-6H,7H2,1-2H3. The number of halogens is 1. The first-order valence-corrected chi connectivity index (χ1v) is 6.45. The molecule has 3 rings (SSSR count). The van der Waals surface area contributed by atoms with Gasteiger partial charge >= 0.3 is 0 Å². The lowest BCUT2D eigenvalue weighted by Crippen LogP contribution is -2.08. The highest BCUT2D eigenvalue weighted by Gasteiger charge is 2.16. The molecule has 0 spiro atoms. The molecule has 2 aromatic rings. The van der Waals surface area contributed by atoms with Crippen LogP contribution in [0.25, 0.3) is 16.2 Å². The van der Waals surface area contributed by atoms with Gasteiger partial charge in [0.2, 0.25) is 0 Å². The molecule has 1 aromatic carbocycles. The number of hydrogen-bond acceptors (Lipinski definition) is 2. The first kappa shape index (κ1) is 10.2. The van der Waals surface area contributed by atoms with Gasteiger partial charge in [-0.1, -0.05) is 11.6 Å². The summed E-state index contributed by atoms with van der Waals surface area (Å²) in [5.74, 6) is 0.